The third kappa shape index (κ3) is 2.27. The van der Waals surface area contributed by atoms with Crippen LogP contribution >= 0.6 is 11.3 Å². The molecule has 1 aromatic heterocycles. The molecular weight excluding hydrogens is 262 g/mol. The van der Waals surface area contributed by atoms with Gasteiger partial charge in [-0.15, -0.1) is 11.3 Å². The highest BCUT2D eigenvalue weighted by atomic mass is 32.1. The van der Waals surface area contributed by atoms with E-state index >= 15 is 0 Å². The summed E-state index contributed by atoms with van der Waals surface area (Å²) in [4.78, 5) is 26.1. The number of carbonyl (C=O) groups is 2. The van der Waals surface area contributed by atoms with E-state index in [9.17, 15) is 9.59 Å². The van der Waals surface area contributed by atoms with Crippen molar-refractivity contribution in [2.45, 2.75) is 38.1 Å². The average molecular weight is 279 g/mol. The zero-order valence-corrected chi connectivity index (χ0v) is 11.5. The maximum atomic E-state index is 12.5. The van der Waals surface area contributed by atoms with Gasteiger partial charge in [-0.25, -0.2) is 4.79 Å². The molecule has 1 aromatic rings. The summed E-state index contributed by atoms with van der Waals surface area (Å²) in [7, 11) is 0. The van der Waals surface area contributed by atoms with Crippen LogP contribution in [0.1, 0.15) is 51.4 Å². The lowest BCUT2D eigenvalue weighted by molar-refractivity contribution is 0.0630. The lowest BCUT2D eigenvalue weighted by Crippen LogP contribution is -2.42. The number of likely N-dealkylation sites (tertiary alicyclic amines) is 1. The molecule has 1 saturated heterocycles. The molecule has 2 fully saturated rings. The van der Waals surface area contributed by atoms with Crippen LogP contribution in [0.3, 0.4) is 0 Å². The van der Waals surface area contributed by atoms with E-state index in [0.717, 1.165) is 30.7 Å². The molecule has 19 heavy (non-hydrogen) atoms. The van der Waals surface area contributed by atoms with Gasteiger partial charge in [0, 0.05) is 12.6 Å². The quantitative estimate of drug-likeness (QED) is 0.925. The number of nitrogens with zero attached hydrogens (tertiary/aromatic N) is 1. The number of aromatic carboxylic acids is 1. The molecule has 1 N–H and O–H groups in total. The minimum Gasteiger partial charge on any atom is -0.477 e. The van der Waals surface area contributed by atoms with Gasteiger partial charge < -0.3 is 10.0 Å². The Kier molecular flexibility index (Phi) is 3.31. The van der Waals surface area contributed by atoms with E-state index in [1.807, 2.05) is 4.90 Å². The molecule has 2 aliphatic rings. The molecule has 1 amide bonds. The fraction of sp³-hybridized carbons (Fsp3) is 0.571. The Morgan fingerprint density at radius 3 is 2.47 bits per heavy atom. The van der Waals surface area contributed by atoms with Crippen molar-refractivity contribution in [3.63, 3.8) is 0 Å². The van der Waals surface area contributed by atoms with Crippen molar-refractivity contribution in [2.75, 3.05) is 6.54 Å². The Labute approximate surface area is 116 Å². The molecule has 5 heteroatoms. The van der Waals surface area contributed by atoms with Crippen LogP contribution in [-0.2, 0) is 0 Å². The van der Waals surface area contributed by atoms with Gasteiger partial charge in [-0.3, -0.25) is 4.79 Å². The molecule has 0 spiro atoms. The second-order valence-electron chi connectivity index (χ2n) is 5.37. The number of carboxylic acid groups (broad SMARTS) is 1. The predicted octanol–water partition coefficient (Wildman–Crippen LogP) is 2.85. The van der Waals surface area contributed by atoms with E-state index in [1.165, 1.54) is 25.3 Å². The van der Waals surface area contributed by atoms with E-state index < -0.39 is 5.97 Å². The van der Waals surface area contributed by atoms with E-state index in [1.54, 1.807) is 6.07 Å². The van der Waals surface area contributed by atoms with E-state index in [-0.39, 0.29) is 10.8 Å². The summed E-state index contributed by atoms with van der Waals surface area (Å²) in [5.41, 5.74) is 0. The van der Waals surface area contributed by atoms with Crippen LogP contribution in [0.2, 0.25) is 0 Å². The maximum Gasteiger partial charge on any atom is 0.345 e. The fourth-order valence-electron chi connectivity index (χ4n) is 3.07. The Balaban J connectivity index is 1.76. The van der Waals surface area contributed by atoms with E-state index in [2.05, 4.69) is 0 Å². The monoisotopic (exact) mass is 279 g/mol. The first kappa shape index (κ1) is 12.7. The first-order valence-corrected chi connectivity index (χ1v) is 7.62. The molecular formula is C14H17NO3S. The average Bonchev–Trinajstić information content (AvgIpc) is 2.94. The third-order valence-corrected chi connectivity index (χ3v) is 5.34. The fourth-order valence-corrected chi connectivity index (χ4v) is 3.87. The number of hydrogen-bond donors (Lipinski definition) is 1. The Morgan fingerprint density at radius 2 is 1.89 bits per heavy atom. The minimum absolute atomic E-state index is 0.0203. The lowest BCUT2D eigenvalue weighted by Gasteiger charge is -2.36. The summed E-state index contributed by atoms with van der Waals surface area (Å²) < 4.78 is 0. The highest BCUT2D eigenvalue weighted by Crippen LogP contribution is 2.38. The molecule has 1 atom stereocenters. The van der Waals surface area contributed by atoms with Crippen LogP contribution in [0.5, 0.6) is 0 Å². The van der Waals surface area contributed by atoms with Gasteiger partial charge in [0.15, 0.2) is 0 Å². The third-order valence-electron chi connectivity index (χ3n) is 4.28. The second-order valence-corrected chi connectivity index (χ2v) is 6.45. The van der Waals surface area contributed by atoms with Crippen molar-refractivity contribution >= 4 is 23.2 Å². The summed E-state index contributed by atoms with van der Waals surface area (Å²) >= 11 is 1.08. The molecule has 1 aliphatic carbocycles. The molecule has 0 bridgehead atoms. The highest BCUT2D eigenvalue weighted by molar-refractivity contribution is 7.15. The Morgan fingerprint density at radius 1 is 1.16 bits per heavy atom. The number of hydrogen-bond acceptors (Lipinski definition) is 3. The van der Waals surface area contributed by atoms with Gasteiger partial charge in [0.1, 0.15) is 4.88 Å². The largest absolute Gasteiger partial charge is 0.477 e. The van der Waals surface area contributed by atoms with Gasteiger partial charge in [0.25, 0.3) is 5.91 Å². The first-order valence-electron chi connectivity index (χ1n) is 6.81. The van der Waals surface area contributed by atoms with Crippen molar-refractivity contribution in [3.05, 3.63) is 21.9 Å². The predicted molar refractivity (Wildman–Crippen MR) is 72.7 cm³/mol. The summed E-state index contributed by atoms with van der Waals surface area (Å²) in [5.74, 6) is -0.265. The van der Waals surface area contributed by atoms with Gasteiger partial charge >= 0.3 is 5.97 Å². The van der Waals surface area contributed by atoms with Gasteiger partial charge in [-0.2, -0.15) is 0 Å². The molecule has 0 aromatic carbocycles. The Hall–Kier alpha value is -1.36. The highest BCUT2D eigenvalue weighted by Gasteiger charge is 2.37. The molecule has 4 nitrogen and oxygen atoms in total. The zero-order chi connectivity index (χ0) is 13.4. The summed E-state index contributed by atoms with van der Waals surface area (Å²) in [5, 5.41) is 8.92. The normalized spacial score (nSPS) is 23.4. The second kappa shape index (κ2) is 4.96. The lowest BCUT2D eigenvalue weighted by atomic mass is 9.79. The molecule has 1 aliphatic heterocycles. The maximum absolute atomic E-state index is 12.5. The van der Waals surface area contributed by atoms with Crippen LogP contribution in [0.4, 0.5) is 0 Å². The SMILES string of the molecule is O=C(O)c1ccc(C(=O)N2CCCC2C2CCC2)s1. The summed E-state index contributed by atoms with van der Waals surface area (Å²) in [6, 6.07) is 3.55. The molecule has 102 valence electrons. The number of carbonyl (C=O) groups excluding carboxylic acids is 1. The number of amides is 1. The molecule has 2 heterocycles. The smallest absolute Gasteiger partial charge is 0.345 e. The zero-order valence-electron chi connectivity index (χ0n) is 10.7. The van der Waals surface area contributed by atoms with Crippen LogP contribution < -0.4 is 0 Å². The van der Waals surface area contributed by atoms with Crippen LogP contribution in [-0.4, -0.2) is 34.5 Å². The summed E-state index contributed by atoms with van der Waals surface area (Å²) in [6.07, 6.45) is 5.93. The van der Waals surface area contributed by atoms with Gasteiger partial charge in [0.2, 0.25) is 0 Å². The number of thiophene rings is 1. The van der Waals surface area contributed by atoms with Crippen molar-refractivity contribution in [1.82, 2.24) is 4.90 Å². The topological polar surface area (TPSA) is 57.6 Å². The molecule has 1 saturated carbocycles. The number of rotatable bonds is 3. The number of carboxylic acids is 1. The molecule has 1 unspecified atom stereocenters. The molecule has 3 rings (SSSR count). The van der Waals surface area contributed by atoms with Gasteiger partial charge in [-0.05, 0) is 43.7 Å². The first-order chi connectivity index (χ1) is 9.16. The van der Waals surface area contributed by atoms with Crippen molar-refractivity contribution in [2.24, 2.45) is 5.92 Å². The van der Waals surface area contributed by atoms with Crippen LogP contribution in [0.25, 0.3) is 0 Å². The minimum atomic E-state index is -0.957. The van der Waals surface area contributed by atoms with E-state index in [4.69, 9.17) is 5.11 Å². The van der Waals surface area contributed by atoms with Gasteiger partial charge in [-0.1, -0.05) is 6.42 Å². The summed E-state index contributed by atoms with van der Waals surface area (Å²) in [6.45, 7) is 0.820. The van der Waals surface area contributed by atoms with Gasteiger partial charge in [0.05, 0.1) is 4.88 Å². The van der Waals surface area contributed by atoms with Crippen LogP contribution in [0.15, 0.2) is 12.1 Å². The van der Waals surface area contributed by atoms with Crippen molar-refractivity contribution < 1.29 is 14.7 Å². The standard InChI is InChI=1S/C14H17NO3S/c16-13(11-6-7-12(19-11)14(17)18)15-8-2-5-10(15)9-3-1-4-9/h6-7,9-10H,1-5,8H2,(H,17,18). The van der Waals surface area contributed by atoms with Crippen molar-refractivity contribution in [1.29, 1.82) is 0 Å². The molecule has 0 radical (unpaired) electrons. The van der Waals surface area contributed by atoms with Crippen LogP contribution in [0, 0.1) is 5.92 Å². The van der Waals surface area contributed by atoms with Crippen molar-refractivity contribution in [3.8, 4) is 0 Å². The van der Waals surface area contributed by atoms with E-state index in [0.29, 0.717) is 16.8 Å². The Bertz CT molecular complexity index is 507.